The van der Waals surface area contributed by atoms with Crippen LogP contribution in [0.4, 0.5) is 0 Å². The highest BCUT2D eigenvalue weighted by molar-refractivity contribution is 5.99. The van der Waals surface area contributed by atoms with Gasteiger partial charge in [0.2, 0.25) is 0 Å². The maximum atomic E-state index is 13.6. The molecule has 0 aliphatic carbocycles. The van der Waals surface area contributed by atoms with Crippen LogP contribution in [0.15, 0.2) is 60.9 Å². The molecular weight excluding hydrogens is 538 g/mol. The third-order valence-electron chi connectivity index (χ3n) is 8.90. The SMILES string of the molecule is Cc1nn(Cc2cccc(C(C)C)n2)c2cccc(CC(=O)c3cnc4cc(OCCN5CC6(CN(C)C6)C5)ccn34)c12. The summed E-state index contributed by atoms with van der Waals surface area (Å²) in [6, 6.07) is 16.1. The zero-order valence-corrected chi connectivity index (χ0v) is 25.5. The zero-order valence-electron chi connectivity index (χ0n) is 25.5. The first kappa shape index (κ1) is 27.7. The Morgan fingerprint density at radius 1 is 1.07 bits per heavy atom. The monoisotopic (exact) mass is 577 g/mol. The van der Waals surface area contributed by atoms with Crippen molar-refractivity contribution in [1.29, 1.82) is 0 Å². The average Bonchev–Trinajstić information content (AvgIpc) is 3.52. The second kappa shape index (κ2) is 10.9. The van der Waals surface area contributed by atoms with Crippen molar-refractivity contribution in [1.82, 2.24) is 33.9 Å². The molecule has 7 rings (SSSR count). The first-order valence-corrected chi connectivity index (χ1v) is 15.2. The van der Waals surface area contributed by atoms with Gasteiger partial charge in [0.25, 0.3) is 0 Å². The molecular formula is C34H39N7O2. The minimum absolute atomic E-state index is 0.0143. The molecule has 0 atom stereocenters. The van der Waals surface area contributed by atoms with Gasteiger partial charge in [-0.1, -0.05) is 32.0 Å². The number of nitrogens with zero attached hydrogens (tertiary/aromatic N) is 7. The van der Waals surface area contributed by atoms with Crippen LogP contribution in [0.5, 0.6) is 5.75 Å². The molecule has 4 aromatic heterocycles. The lowest BCUT2D eigenvalue weighted by Crippen LogP contribution is -2.71. The summed E-state index contributed by atoms with van der Waals surface area (Å²) < 4.78 is 9.89. The Morgan fingerprint density at radius 3 is 2.67 bits per heavy atom. The van der Waals surface area contributed by atoms with Crippen LogP contribution in [0.3, 0.4) is 0 Å². The van der Waals surface area contributed by atoms with Gasteiger partial charge in [-0.25, -0.2) is 4.98 Å². The van der Waals surface area contributed by atoms with Gasteiger partial charge in [-0.05, 0) is 49.7 Å². The van der Waals surface area contributed by atoms with Gasteiger partial charge < -0.3 is 9.64 Å². The maximum absolute atomic E-state index is 13.6. The average molecular weight is 578 g/mol. The van der Waals surface area contributed by atoms with Crippen molar-refractivity contribution in [2.45, 2.75) is 39.7 Å². The second-order valence-corrected chi connectivity index (χ2v) is 12.8. The molecule has 0 N–H and O–H groups in total. The number of hydrogen-bond acceptors (Lipinski definition) is 7. The number of rotatable bonds is 10. The lowest BCUT2D eigenvalue weighted by molar-refractivity contribution is -0.106. The van der Waals surface area contributed by atoms with Crippen LogP contribution in [0, 0.1) is 12.3 Å². The fourth-order valence-corrected chi connectivity index (χ4v) is 7.01. The normalized spacial score (nSPS) is 16.7. The number of aryl methyl sites for hydroxylation is 1. The van der Waals surface area contributed by atoms with Crippen LogP contribution in [-0.4, -0.2) is 86.1 Å². The number of likely N-dealkylation sites (tertiary alicyclic amines) is 2. The van der Waals surface area contributed by atoms with Gasteiger partial charge in [0.05, 0.1) is 29.6 Å². The number of hydrogen-bond donors (Lipinski definition) is 0. The molecule has 43 heavy (non-hydrogen) atoms. The molecule has 9 heteroatoms. The van der Waals surface area contributed by atoms with Gasteiger partial charge in [0.1, 0.15) is 23.7 Å². The quantitative estimate of drug-likeness (QED) is 0.224. The van der Waals surface area contributed by atoms with E-state index in [1.54, 1.807) is 6.20 Å². The Labute approximate surface area is 252 Å². The minimum atomic E-state index is 0.0143. The molecule has 1 spiro atoms. The molecule has 5 aromatic rings. The number of imidazole rings is 1. The molecule has 2 saturated heterocycles. The van der Waals surface area contributed by atoms with E-state index >= 15 is 0 Å². The van der Waals surface area contributed by atoms with Gasteiger partial charge in [-0.2, -0.15) is 5.10 Å². The van der Waals surface area contributed by atoms with E-state index in [0.29, 0.717) is 35.8 Å². The van der Waals surface area contributed by atoms with Gasteiger partial charge >= 0.3 is 0 Å². The molecule has 2 aliphatic heterocycles. The third-order valence-corrected chi connectivity index (χ3v) is 8.90. The van der Waals surface area contributed by atoms with E-state index < -0.39 is 0 Å². The van der Waals surface area contributed by atoms with Gasteiger partial charge in [0.15, 0.2) is 5.78 Å². The number of ether oxygens (including phenoxy) is 1. The van der Waals surface area contributed by atoms with Crippen molar-refractivity contribution in [3.63, 3.8) is 0 Å². The van der Waals surface area contributed by atoms with Gasteiger partial charge in [0, 0.05) is 67.9 Å². The molecule has 2 fully saturated rings. The number of ketones is 1. The highest BCUT2D eigenvalue weighted by atomic mass is 16.5. The molecule has 6 heterocycles. The molecule has 222 valence electrons. The van der Waals surface area contributed by atoms with Crippen LogP contribution in [0.25, 0.3) is 16.6 Å². The van der Waals surface area contributed by atoms with E-state index in [4.69, 9.17) is 14.8 Å². The molecule has 0 amide bonds. The number of benzene rings is 1. The number of fused-ring (bicyclic) bond motifs is 2. The molecule has 9 nitrogen and oxygen atoms in total. The summed E-state index contributed by atoms with van der Waals surface area (Å²) in [6.45, 7) is 13.2. The van der Waals surface area contributed by atoms with E-state index in [1.165, 1.54) is 26.2 Å². The zero-order chi connectivity index (χ0) is 29.7. The number of carbonyl (C=O) groups excluding carboxylic acids is 1. The highest BCUT2D eigenvalue weighted by Gasteiger charge is 2.49. The summed E-state index contributed by atoms with van der Waals surface area (Å²) in [6.07, 6.45) is 3.82. The Bertz CT molecular complexity index is 1810. The van der Waals surface area contributed by atoms with Crippen LogP contribution >= 0.6 is 0 Å². The van der Waals surface area contributed by atoms with Crippen molar-refractivity contribution < 1.29 is 9.53 Å². The summed E-state index contributed by atoms with van der Waals surface area (Å²) in [4.78, 5) is 27.8. The predicted molar refractivity (Wildman–Crippen MR) is 167 cm³/mol. The third kappa shape index (κ3) is 5.32. The van der Waals surface area contributed by atoms with E-state index in [-0.39, 0.29) is 12.2 Å². The molecule has 2 aliphatic rings. The largest absolute Gasteiger partial charge is 0.492 e. The number of aromatic nitrogens is 5. The second-order valence-electron chi connectivity index (χ2n) is 12.8. The number of carbonyl (C=O) groups is 1. The Morgan fingerprint density at radius 2 is 1.88 bits per heavy atom. The van der Waals surface area contributed by atoms with Crippen molar-refractivity contribution in [2.24, 2.45) is 5.41 Å². The molecule has 0 radical (unpaired) electrons. The lowest BCUT2D eigenvalue weighted by Gasteiger charge is -2.59. The van der Waals surface area contributed by atoms with Gasteiger partial charge in [-0.3, -0.25) is 23.8 Å². The topological polar surface area (TPSA) is 80.8 Å². The summed E-state index contributed by atoms with van der Waals surface area (Å²) in [5, 5.41) is 5.87. The summed E-state index contributed by atoms with van der Waals surface area (Å²) in [7, 11) is 2.19. The van der Waals surface area contributed by atoms with E-state index in [0.717, 1.165) is 45.8 Å². The fourth-order valence-electron chi connectivity index (χ4n) is 7.01. The Kier molecular flexibility index (Phi) is 7.02. The lowest BCUT2D eigenvalue weighted by atomic mass is 9.73. The van der Waals surface area contributed by atoms with Crippen molar-refractivity contribution >= 4 is 22.3 Å². The molecule has 1 aromatic carbocycles. The summed E-state index contributed by atoms with van der Waals surface area (Å²) >= 11 is 0. The van der Waals surface area contributed by atoms with E-state index in [1.807, 2.05) is 52.5 Å². The Balaban J connectivity index is 1.03. The van der Waals surface area contributed by atoms with Crippen molar-refractivity contribution in [2.75, 3.05) is 46.4 Å². The molecule has 0 saturated carbocycles. The van der Waals surface area contributed by atoms with Crippen LogP contribution in [0.1, 0.15) is 52.9 Å². The number of Topliss-reactive ketones (excluding diaryl/α,β-unsaturated/α-hetero) is 1. The Hall–Kier alpha value is -4.08. The standard InChI is InChI=1S/C34H39N7O2/c1-23(2)28-9-6-8-26(36-28)18-41-29-10-5-7-25(33(29)24(3)37-41)15-31(42)30-17-35-32-16-27(11-12-40(30)32)43-14-13-39-21-34(22-39)19-38(4)20-34/h5-12,16-17,23H,13-15,18-22H2,1-4H3. The first-order chi connectivity index (χ1) is 20.8. The van der Waals surface area contributed by atoms with E-state index in [9.17, 15) is 4.79 Å². The van der Waals surface area contributed by atoms with Gasteiger partial charge in [-0.15, -0.1) is 0 Å². The number of pyridine rings is 2. The smallest absolute Gasteiger partial charge is 0.185 e. The highest BCUT2D eigenvalue weighted by Crippen LogP contribution is 2.38. The maximum Gasteiger partial charge on any atom is 0.185 e. The van der Waals surface area contributed by atoms with Crippen molar-refractivity contribution in [3.05, 3.63) is 89.3 Å². The van der Waals surface area contributed by atoms with Crippen LogP contribution in [0.2, 0.25) is 0 Å². The van der Waals surface area contributed by atoms with E-state index in [2.05, 4.69) is 53.9 Å². The summed E-state index contributed by atoms with van der Waals surface area (Å²) in [5.74, 6) is 1.16. The van der Waals surface area contributed by atoms with Crippen LogP contribution < -0.4 is 4.74 Å². The first-order valence-electron chi connectivity index (χ1n) is 15.2. The predicted octanol–water partition coefficient (Wildman–Crippen LogP) is 4.61. The summed E-state index contributed by atoms with van der Waals surface area (Å²) in [5.41, 5.74) is 6.74. The fraction of sp³-hybridized carbons (Fsp3) is 0.412. The molecule has 0 unspecified atom stereocenters. The van der Waals surface area contributed by atoms with Crippen LogP contribution in [-0.2, 0) is 13.0 Å². The minimum Gasteiger partial charge on any atom is -0.492 e. The molecule has 0 bridgehead atoms. The van der Waals surface area contributed by atoms with Crippen molar-refractivity contribution in [3.8, 4) is 5.75 Å².